The molecule has 154 valence electrons. The molecule has 1 saturated heterocycles. The summed E-state index contributed by atoms with van der Waals surface area (Å²) in [5.41, 5.74) is -1.68. The Labute approximate surface area is 177 Å². The number of nitrogens with one attached hydrogen (secondary N) is 2. The Kier molecular flexibility index (Phi) is 8.40. The van der Waals surface area contributed by atoms with Crippen LogP contribution in [-0.4, -0.2) is 59.9 Å². The number of nitrogens with zero attached hydrogens (tertiary/aromatic N) is 2. The number of carbonyl (C=O) groups is 1. The van der Waals surface area contributed by atoms with Crippen LogP contribution in [0.2, 0.25) is 0 Å². The normalized spacial score (nSPS) is 17.4. The maximum absolute atomic E-state index is 12.0. The molecule has 1 aromatic heterocycles. The molecule has 0 bridgehead atoms. The van der Waals surface area contributed by atoms with E-state index in [1.54, 1.807) is 24.0 Å². The first-order valence-electron chi connectivity index (χ1n) is 8.90. The van der Waals surface area contributed by atoms with Gasteiger partial charge >= 0.3 is 6.09 Å². The molecule has 1 unspecified atom stereocenters. The summed E-state index contributed by atoms with van der Waals surface area (Å²) >= 11 is 0. The van der Waals surface area contributed by atoms with Crippen LogP contribution >= 0.6 is 24.0 Å². The smallest absolute Gasteiger partial charge is 0.410 e. The standard InChI is InChI=1S/C18H30N4O4.HI/c1-6-19-15(20-12-18(5,24)14-8-7-9-25-14)21-13-10-22(11-13)16(23)26-17(2,3)4;/h7-9,13,24H,6,10-12H2,1-5H3,(H2,19,20,21);1H. The predicted octanol–water partition coefficient (Wildman–Crippen LogP) is 2.28. The molecule has 1 fully saturated rings. The number of aliphatic hydroxyl groups is 1. The van der Waals surface area contributed by atoms with Gasteiger partial charge in [-0.05, 0) is 46.8 Å². The Morgan fingerprint density at radius 2 is 2.07 bits per heavy atom. The third kappa shape index (κ3) is 7.21. The fraction of sp³-hybridized carbons (Fsp3) is 0.667. The van der Waals surface area contributed by atoms with Crippen molar-refractivity contribution in [2.75, 3.05) is 26.2 Å². The molecule has 1 amide bonds. The fourth-order valence-electron chi connectivity index (χ4n) is 2.45. The van der Waals surface area contributed by atoms with E-state index in [4.69, 9.17) is 9.15 Å². The molecule has 1 atom stereocenters. The minimum atomic E-state index is -1.19. The second-order valence-corrected chi connectivity index (χ2v) is 7.67. The van der Waals surface area contributed by atoms with Crippen LogP contribution < -0.4 is 10.6 Å². The van der Waals surface area contributed by atoms with Crippen molar-refractivity contribution in [3.63, 3.8) is 0 Å². The maximum atomic E-state index is 12.0. The highest BCUT2D eigenvalue weighted by Gasteiger charge is 2.34. The van der Waals surface area contributed by atoms with E-state index in [2.05, 4.69) is 15.6 Å². The fourth-order valence-corrected chi connectivity index (χ4v) is 2.45. The number of amides is 1. The first-order chi connectivity index (χ1) is 12.1. The average molecular weight is 494 g/mol. The lowest BCUT2D eigenvalue weighted by Crippen LogP contribution is -2.63. The van der Waals surface area contributed by atoms with Crippen LogP contribution in [0, 0.1) is 0 Å². The van der Waals surface area contributed by atoms with Crippen LogP contribution in [0.25, 0.3) is 0 Å². The Hall–Kier alpha value is -1.49. The topological polar surface area (TPSA) is 99.3 Å². The van der Waals surface area contributed by atoms with Crippen LogP contribution in [0.15, 0.2) is 27.8 Å². The zero-order chi connectivity index (χ0) is 19.4. The van der Waals surface area contributed by atoms with E-state index in [9.17, 15) is 9.90 Å². The monoisotopic (exact) mass is 494 g/mol. The number of carbonyl (C=O) groups excluding carboxylic acids is 1. The highest BCUT2D eigenvalue weighted by Crippen LogP contribution is 2.21. The first kappa shape index (κ1) is 23.5. The van der Waals surface area contributed by atoms with E-state index in [-0.39, 0.29) is 42.7 Å². The molecule has 0 aliphatic carbocycles. The lowest BCUT2D eigenvalue weighted by Gasteiger charge is -2.40. The molecule has 0 radical (unpaired) electrons. The molecular formula is C18H31IN4O4. The molecule has 3 N–H and O–H groups in total. The summed E-state index contributed by atoms with van der Waals surface area (Å²) < 4.78 is 10.6. The van der Waals surface area contributed by atoms with Crippen molar-refractivity contribution in [2.24, 2.45) is 4.99 Å². The summed E-state index contributed by atoms with van der Waals surface area (Å²) in [5.74, 6) is 1.06. The van der Waals surface area contributed by atoms with Gasteiger partial charge in [-0.15, -0.1) is 24.0 Å². The van der Waals surface area contributed by atoms with E-state index in [0.717, 1.165) is 0 Å². The van der Waals surface area contributed by atoms with Gasteiger partial charge in [0, 0.05) is 19.6 Å². The number of ether oxygens (including phenoxy) is 1. The van der Waals surface area contributed by atoms with Gasteiger partial charge in [0.2, 0.25) is 0 Å². The van der Waals surface area contributed by atoms with Gasteiger partial charge in [-0.1, -0.05) is 0 Å². The zero-order valence-electron chi connectivity index (χ0n) is 16.6. The predicted molar refractivity (Wildman–Crippen MR) is 114 cm³/mol. The van der Waals surface area contributed by atoms with E-state index in [0.29, 0.717) is 31.4 Å². The van der Waals surface area contributed by atoms with E-state index in [1.165, 1.54) is 6.26 Å². The molecule has 0 saturated carbocycles. The molecule has 2 heterocycles. The number of hydrogen-bond donors (Lipinski definition) is 3. The number of aliphatic imine (C=N–C) groups is 1. The largest absolute Gasteiger partial charge is 0.466 e. The maximum Gasteiger partial charge on any atom is 0.410 e. The third-order valence-electron chi connectivity index (χ3n) is 3.82. The second-order valence-electron chi connectivity index (χ2n) is 7.67. The van der Waals surface area contributed by atoms with Crippen LogP contribution in [0.5, 0.6) is 0 Å². The molecule has 2 rings (SSSR count). The van der Waals surface area contributed by atoms with Crippen molar-refractivity contribution >= 4 is 36.0 Å². The van der Waals surface area contributed by atoms with Crippen molar-refractivity contribution < 1.29 is 19.1 Å². The average Bonchev–Trinajstić information content (AvgIpc) is 3.01. The Morgan fingerprint density at radius 3 is 2.59 bits per heavy atom. The van der Waals surface area contributed by atoms with Crippen LogP contribution in [0.3, 0.4) is 0 Å². The summed E-state index contributed by atoms with van der Waals surface area (Å²) in [4.78, 5) is 18.1. The Morgan fingerprint density at radius 1 is 1.41 bits per heavy atom. The minimum absolute atomic E-state index is 0. The Bertz CT molecular complexity index is 620. The van der Waals surface area contributed by atoms with Gasteiger partial charge in [-0.2, -0.15) is 0 Å². The number of furan rings is 1. The zero-order valence-corrected chi connectivity index (χ0v) is 18.9. The van der Waals surface area contributed by atoms with Gasteiger partial charge in [-0.25, -0.2) is 9.79 Å². The van der Waals surface area contributed by atoms with Crippen LogP contribution in [0.4, 0.5) is 4.79 Å². The van der Waals surface area contributed by atoms with Crippen molar-refractivity contribution in [1.29, 1.82) is 0 Å². The number of hydrogen-bond acceptors (Lipinski definition) is 5. The van der Waals surface area contributed by atoms with Crippen molar-refractivity contribution in [2.45, 2.75) is 51.9 Å². The molecule has 1 aliphatic heterocycles. The number of halogens is 1. The van der Waals surface area contributed by atoms with Gasteiger partial charge in [-0.3, -0.25) is 0 Å². The molecule has 1 aliphatic rings. The van der Waals surface area contributed by atoms with Crippen LogP contribution in [0.1, 0.15) is 40.4 Å². The highest BCUT2D eigenvalue weighted by atomic mass is 127. The summed E-state index contributed by atoms with van der Waals surface area (Å²) in [6.07, 6.45) is 1.22. The van der Waals surface area contributed by atoms with E-state index >= 15 is 0 Å². The van der Waals surface area contributed by atoms with Gasteiger partial charge in [0.1, 0.15) is 17.0 Å². The molecule has 8 nitrogen and oxygen atoms in total. The number of likely N-dealkylation sites (tertiary alicyclic amines) is 1. The molecule has 1 aromatic rings. The van der Waals surface area contributed by atoms with Crippen molar-refractivity contribution in [3.05, 3.63) is 24.2 Å². The molecule has 9 heteroatoms. The van der Waals surface area contributed by atoms with Gasteiger partial charge in [0.05, 0.1) is 18.8 Å². The summed E-state index contributed by atoms with van der Waals surface area (Å²) in [5, 5.41) is 16.9. The lowest BCUT2D eigenvalue weighted by atomic mass is 10.0. The number of rotatable bonds is 5. The summed E-state index contributed by atoms with van der Waals surface area (Å²) in [7, 11) is 0. The molecule has 0 spiro atoms. The molecule has 0 aromatic carbocycles. The van der Waals surface area contributed by atoms with Crippen LogP contribution in [-0.2, 0) is 10.3 Å². The molecular weight excluding hydrogens is 463 g/mol. The van der Waals surface area contributed by atoms with Crippen molar-refractivity contribution in [3.8, 4) is 0 Å². The van der Waals surface area contributed by atoms with Crippen molar-refractivity contribution in [1.82, 2.24) is 15.5 Å². The van der Waals surface area contributed by atoms with Gasteiger partial charge < -0.3 is 29.8 Å². The third-order valence-corrected chi connectivity index (χ3v) is 3.82. The minimum Gasteiger partial charge on any atom is -0.466 e. The van der Waals surface area contributed by atoms with E-state index < -0.39 is 11.2 Å². The van der Waals surface area contributed by atoms with Gasteiger partial charge in [0.15, 0.2) is 5.96 Å². The quantitative estimate of drug-likeness (QED) is 0.330. The molecule has 27 heavy (non-hydrogen) atoms. The Balaban J connectivity index is 0.00000364. The summed E-state index contributed by atoms with van der Waals surface area (Å²) in [6, 6.07) is 3.55. The van der Waals surface area contributed by atoms with Gasteiger partial charge in [0.25, 0.3) is 0 Å². The SMILES string of the molecule is CCNC(=NCC(C)(O)c1ccco1)NC1CN(C(=O)OC(C)(C)C)C1.I. The highest BCUT2D eigenvalue weighted by molar-refractivity contribution is 14.0. The second kappa shape index (κ2) is 9.63. The number of guanidine groups is 1. The van der Waals surface area contributed by atoms with E-state index in [1.807, 2.05) is 27.7 Å². The lowest BCUT2D eigenvalue weighted by molar-refractivity contribution is 0.00699. The first-order valence-corrected chi connectivity index (χ1v) is 8.90. The summed E-state index contributed by atoms with van der Waals surface area (Å²) in [6.45, 7) is 11.1.